The first-order valence-electron chi connectivity index (χ1n) is 1.43. The Hall–Kier alpha value is -0.167. The maximum atomic E-state index is 3.67. The van der Waals surface area contributed by atoms with Crippen LogP contribution in [0.1, 0.15) is 0 Å². The average Bonchev–Trinajstić information content (AvgIpc) is 1.76. The molecule has 28 valence electrons. The zero-order valence-electron chi connectivity index (χ0n) is 3.39. The van der Waals surface area contributed by atoms with Crippen LogP contribution in [0.2, 0.25) is 0 Å². The van der Waals surface area contributed by atoms with Crippen molar-refractivity contribution in [2.45, 2.75) is 0 Å². The van der Waals surface area contributed by atoms with Crippen LogP contribution in [0.3, 0.4) is 0 Å². The Balaban J connectivity index is 0.000000250. The van der Waals surface area contributed by atoms with Crippen LogP contribution in [-0.4, -0.2) is 9.97 Å². The van der Waals surface area contributed by atoms with Crippen LogP contribution in [0.15, 0.2) is 18.7 Å². The Morgan fingerprint density at radius 2 is 2.33 bits per heavy atom. The fraction of sp³-hybridized carbons (Fsp3) is 0. The molecule has 0 spiro atoms. The van der Waals surface area contributed by atoms with Crippen LogP contribution >= 0.6 is 0 Å². The SMILES string of the molecule is [Zn].c1c[nH]cn1. The van der Waals surface area contributed by atoms with E-state index in [0.29, 0.717) is 0 Å². The molecule has 0 aliphatic rings. The number of imidazole rings is 1. The van der Waals surface area contributed by atoms with Gasteiger partial charge in [0.2, 0.25) is 0 Å². The summed E-state index contributed by atoms with van der Waals surface area (Å²) in [6, 6.07) is 0. The molecular weight excluding hydrogens is 129 g/mol. The Bertz CT molecular complexity index is 65.3. The standard InChI is InChI=1S/C3H4N2.Zn/c1-2-5-3-4-1;/h1-3H,(H,4,5);. The molecule has 1 aromatic heterocycles. The predicted molar refractivity (Wildman–Crippen MR) is 18.6 cm³/mol. The van der Waals surface area contributed by atoms with Gasteiger partial charge in [0, 0.05) is 31.9 Å². The van der Waals surface area contributed by atoms with Gasteiger partial charge in [-0.05, 0) is 0 Å². The van der Waals surface area contributed by atoms with E-state index in [1.807, 2.05) is 0 Å². The van der Waals surface area contributed by atoms with E-state index in [1.54, 1.807) is 18.7 Å². The molecule has 0 aliphatic carbocycles. The number of H-pyrrole nitrogens is 1. The summed E-state index contributed by atoms with van der Waals surface area (Å²) in [6.45, 7) is 0. The van der Waals surface area contributed by atoms with E-state index in [4.69, 9.17) is 0 Å². The van der Waals surface area contributed by atoms with Crippen LogP contribution < -0.4 is 0 Å². The van der Waals surface area contributed by atoms with Crippen molar-refractivity contribution in [1.82, 2.24) is 9.97 Å². The van der Waals surface area contributed by atoms with Crippen molar-refractivity contribution >= 4 is 0 Å². The number of rotatable bonds is 0. The topological polar surface area (TPSA) is 28.7 Å². The number of aromatic amines is 1. The molecule has 0 aromatic carbocycles. The minimum atomic E-state index is 0. The molecule has 0 atom stereocenters. The van der Waals surface area contributed by atoms with Gasteiger partial charge in [-0.1, -0.05) is 0 Å². The zero-order valence-corrected chi connectivity index (χ0v) is 6.35. The number of nitrogens with zero attached hydrogens (tertiary/aromatic N) is 1. The summed E-state index contributed by atoms with van der Waals surface area (Å²) >= 11 is 0. The van der Waals surface area contributed by atoms with Gasteiger partial charge in [-0.25, -0.2) is 4.98 Å². The molecule has 0 saturated heterocycles. The summed E-state index contributed by atoms with van der Waals surface area (Å²) in [6.07, 6.45) is 5.08. The Morgan fingerprint density at radius 3 is 2.50 bits per heavy atom. The minimum Gasteiger partial charge on any atom is -0.351 e. The minimum absolute atomic E-state index is 0. The summed E-state index contributed by atoms with van der Waals surface area (Å²) < 4.78 is 0. The van der Waals surface area contributed by atoms with E-state index < -0.39 is 0 Å². The van der Waals surface area contributed by atoms with Gasteiger partial charge in [0.1, 0.15) is 0 Å². The Labute approximate surface area is 48.7 Å². The molecule has 1 N–H and O–H groups in total. The van der Waals surface area contributed by atoms with Crippen LogP contribution in [-0.2, 0) is 19.5 Å². The predicted octanol–water partition coefficient (Wildman–Crippen LogP) is 0.407. The molecular formula is C3H4N2Zn. The molecule has 0 saturated carbocycles. The van der Waals surface area contributed by atoms with Gasteiger partial charge in [0.25, 0.3) is 0 Å². The fourth-order valence-corrected chi connectivity index (χ4v) is 0.215. The first-order chi connectivity index (χ1) is 2.50. The first-order valence-corrected chi connectivity index (χ1v) is 1.43. The van der Waals surface area contributed by atoms with Crippen LogP contribution in [0.4, 0.5) is 0 Å². The summed E-state index contributed by atoms with van der Waals surface area (Å²) in [4.78, 5) is 6.42. The molecule has 1 heterocycles. The van der Waals surface area contributed by atoms with Crippen LogP contribution in [0, 0.1) is 0 Å². The van der Waals surface area contributed by atoms with Gasteiger partial charge in [-0.2, -0.15) is 0 Å². The third-order valence-electron chi connectivity index (χ3n) is 0.406. The van der Waals surface area contributed by atoms with E-state index in [-0.39, 0.29) is 19.5 Å². The largest absolute Gasteiger partial charge is 0.351 e. The van der Waals surface area contributed by atoms with Crippen LogP contribution in [0.5, 0.6) is 0 Å². The quantitative estimate of drug-likeness (QED) is 0.510. The monoisotopic (exact) mass is 132 g/mol. The second kappa shape index (κ2) is 3.04. The molecule has 0 fully saturated rings. The molecule has 1 rings (SSSR count). The molecule has 0 bridgehead atoms. The van der Waals surface area contributed by atoms with Gasteiger partial charge in [-0.3, -0.25) is 0 Å². The van der Waals surface area contributed by atoms with Crippen molar-refractivity contribution in [2.24, 2.45) is 0 Å². The van der Waals surface area contributed by atoms with Gasteiger partial charge in [0.15, 0.2) is 0 Å². The van der Waals surface area contributed by atoms with E-state index in [1.165, 1.54) is 0 Å². The average molecular weight is 133 g/mol. The summed E-state index contributed by atoms with van der Waals surface area (Å²) in [5.74, 6) is 0. The zero-order chi connectivity index (χ0) is 3.54. The summed E-state index contributed by atoms with van der Waals surface area (Å²) in [5, 5.41) is 0. The molecule has 0 unspecified atom stereocenters. The molecule has 6 heavy (non-hydrogen) atoms. The maximum Gasteiger partial charge on any atom is 0.0919 e. The number of hydrogen-bond donors (Lipinski definition) is 1. The van der Waals surface area contributed by atoms with E-state index in [0.717, 1.165) is 0 Å². The number of hydrogen-bond acceptors (Lipinski definition) is 1. The fourth-order valence-electron chi connectivity index (χ4n) is 0.215. The van der Waals surface area contributed by atoms with Gasteiger partial charge in [0.05, 0.1) is 6.33 Å². The third kappa shape index (κ3) is 1.32. The van der Waals surface area contributed by atoms with Crippen molar-refractivity contribution in [2.75, 3.05) is 0 Å². The number of nitrogens with one attached hydrogen (secondary N) is 1. The van der Waals surface area contributed by atoms with Gasteiger partial charge in [-0.15, -0.1) is 0 Å². The molecule has 0 aliphatic heterocycles. The second-order valence-corrected chi connectivity index (χ2v) is 0.761. The van der Waals surface area contributed by atoms with Gasteiger partial charge >= 0.3 is 0 Å². The van der Waals surface area contributed by atoms with Crippen LogP contribution in [0.25, 0.3) is 0 Å². The first kappa shape index (κ1) is 5.83. The van der Waals surface area contributed by atoms with E-state index >= 15 is 0 Å². The second-order valence-electron chi connectivity index (χ2n) is 0.761. The molecule has 0 amide bonds. The summed E-state index contributed by atoms with van der Waals surface area (Å²) in [7, 11) is 0. The third-order valence-corrected chi connectivity index (χ3v) is 0.406. The summed E-state index contributed by atoms with van der Waals surface area (Å²) in [5.41, 5.74) is 0. The van der Waals surface area contributed by atoms with E-state index in [2.05, 4.69) is 9.97 Å². The van der Waals surface area contributed by atoms with Crippen molar-refractivity contribution in [1.29, 1.82) is 0 Å². The smallest absolute Gasteiger partial charge is 0.0919 e. The number of aromatic nitrogens is 2. The molecule has 0 radical (unpaired) electrons. The van der Waals surface area contributed by atoms with Crippen molar-refractivity contribution < 1.29 is 19.5 Å². The van der Waals surface area contributed by atoms with Gasteiger partial charge < -0.3 is 4.98 Å². The van der Waals surface area contributed by atoms with Crippen molar-refractivity contribution in [3.8, 4) is 0 Å². The molecule has 3 heteroatoms. The normalized spacial score (nSPS) is 6.67. The maximum absolute atomic E-state index is 3.67. The van der Waals surface area contributed by atoms with Crippen molar-refractivity contribution in [3.05, 3.63) is 18.7 Å². The van der Waals surface area contributed by atoms with Crippen molar-refractivity contribution in [3.63, 3.8) is 0 Å². The molecule has 1 aromatic rings. The Morgan fingerprint density at radius 1 is 1.50 bits per heavy atom. The van der Waals surface area contributed by atoms with E-state index in [9.17, 15) is 0 Å². The molecule has 2 nitrogen and oxygen atoms in total. The Kier molecular flexibility index (Phi) is 2.96.